The monoisotopic (exact) mass is 367 g/mol. The standard InChI is InChI=1S/C20H21N3O4/c1-26-17-7-6-13(12-18(17)27-2)8-10-22-19(24)20(25)23-16-5-3-4-15-14(16)9-11-21-15/h3-7,9,11-12,21H,8,10H2,1-2H3,(H,22,24)(H,23,25). The molecule has 0 bridgehead atoms. The van der Waals surface area contributed by atoms with E-state index in [4.69, 9.17) is 9.47 Å². The maximum absolute atomic E-state index is 12.1. The van der Waals surface area contributed by atoms with Gasteiger partial charge in [0.05, 0.1) is 19.9 Å². The fourth-order valence-corrected chi connectivity index (χ4v) is 2.81. The molecule has 3 N–H and O–H groups in total. The number of aromatic nitrogens is 1. The van der Waals surface area contributed by atoms with E-state index in [1.54, 1.807) is 32.5 Å². The first-order valence-corrected chi connectivity index (χ1v) is 8.48. The number of aromatic amines is 1. The van der Waals surface area contributed by atoms with E-state index in [1.807, 2.05) is 30.3 Å². The first-order valence-electron chi connectivity index (χ1n) is 8.48. The third-order valence-electron chi connectivity index (χ3n) is 4.20. The van der Waals surface area contributed by atoms with Crippen molar-refractivity contribution in [1.29, 1.82) is 0 Å². The van der Waals surface area contributed by atoms with Crippen LogP contribution in [0.4, 0.5) is 5.69 Å². The van der Waals surface area contributed by atoms with Crippen LogP contribution in [0, 0.1) is 0 Å². The topological polar surface area (TPSA) is 92.5 Å². The van der Waals surface area contributed by atoms with Crippen LogP contribution in [-0.4, -0.2) is 37.6 Å². The molecule has 0 spiro atoms. The molecule has 3 aromatic rings. The van der Waals surface area contributed by atoms with Crippen molar-refractivity contribution in [2.75, 3.05) is 26.1 Å². The summed E-state index contributed by atoms with van der Waals surface area (Å²) in [6.07, 6.45) is 2.34. The molecular weight excluding hydrogens is 346 g/mol. The Labute approximate surface area is 156 Å². The van der Waals surface area contributed by atoms with Gasteiger partial charge in [-0.15, -0.1) is 0 Å². The molecule has 27 heavy (non-hydrogen) atoms. The number of ether oxygens (including phenoxy) is 2. The number of fused-ring (bicyclic) bond motifs is 1. The van der Waals surface area contributed by atoms with Crippen LogP contribution in [0.3, 0.4) is 0 Å². The summed E-state index contributed by atoms with van der Waals surface area (Å²) < 4.78 is 10.5. The summed E-state index contributed by atoms with van der Waals surface area (Å²) in [6.45, 7) is 0.329. The van der Waals surface area contributed by atoms with Crippen LogP contribution in [0.2, 0.25) is 0 Å². The normalized spacial score (nSPS) is 10.4. The molecule has 7 nitrogen and oxygen atoms in total. The Bertz CT molecular complexity index is 965. The highest BCUT2D eigenvalue weighted by Crippen LogP contribution is 2.27. The summed E-state index contributed by atoms with van der Waals surface area (Å²) in [5.41, 5.74) is 2.45. The van der Waals surface area contributed by atoms with Gasteiger partial charge in [-0.05, 0) is 42.3 Å². The summed E-state index contributed by atoms with van der Waals surface area (Å²) in [4.78, 5) is 27.3. The van der Waals surface area contributed by atoms with Crippen molar-refractivity contribution in [3.05, 3.63) is 54.2 Å². The number of carbonyl (C=O) groups excluding carboxylic acids is 2. The first kappa shape index (κ1) is 18.3. The molecule has 3 rings (SSSR count). The lowest BCUT2D eigenvalue weighted by atomic mass is 10.1. The second-order valence-electron chi connectivity index (χ2n) is 5.89. The van der Waals surface area contributed by atoms with Crippen molar-refractivity contribution in [3.8, 4) is 11.5 Å². The molecule has 0 unspecified atom stereocenters. The van der Waals surface area contributed by atoms with Crippen molar-refractivity contribution in [2.24, 2.45) is 0 Å². The molecule has 0 aliphatic carbocycles. The van der Waals surface area contributed by atoms with Crippen LogP contribution in [0.15, 0.2) is 48.7 Å². The predicted octanol–water partition coefficient (Wildman–Crippen LogP) is 2.48. The zero-order chi connectivity index (χ0) is 19.2. The van der Waals surface area contributed by atoms with Crippen molar-refractivity contribution in [2.45, 2.75) is 6.42 Å². The summed E-state index contributed by atoms with van der Waals surface area (Å²) in [6, 6.07) is 12.8. The maximum atomic E-state index is 12.1. The van der Waals surface area contributed by atoms with Gasteiger partial charge < -0.3 is 25.1 Å². The van der Waals surface area contributed by atoms with Crippen LogP contribution in [-0.2, 0) is 16.0 Å². The molecule has 0 atom stereocenters. The molecule has 0 saturated heterocycles. The first-order chi connectivity index (χ1) is 13.1. The molecule has 0 aliphatic rings. The van der Waals surface area contributed by atoms with Crippen molar-refractivity contribution in [3.63, 3.8) is 0 Å². The van der Waals surface area contributed by atoms with Gasteiger partial charge in [0.2, 0.25) is 0 Å². The molecule has 2 amide bonds. The lowest BCUT2D eigenvalue weighted by Gasteiger charge is -2.10. The summed E-state index contributed by atoms with van der Waals surface area (Å²) in [5.74, 6) is -0.110. The minimum Gasteiger partial charge on any atom is -0.493 e. The predicted molar refractivity (Wildman–Crippen MR) is 103 cm³/mol. The number of nitrogens with one attached hydrogen (secondary N) is 3. The number of amides is 2. The van der Waals surface area contributed by atoms with Crippen LogP contribution in [0.25, 0.3) is 10.9 Å². The Kier molecular flexibility index (Phi) is 5.61. The van der Waals surface area contributed by atoms with Gasteiger partial charge in [-0.1, -0.05) is 12.1 Å². The van der Waals surface area contributed by atoms with Gasteiger partial charge in [-0.2, -0.15) is 0 Å². The number of hydrogen-bond donors (Lipinski definition) is 3. The average molecular weight is 367 g/mol. The van der Waals surface area contributed by atoms with Crippen molar-refractivity contribution in [1.82, 2.24) is 10.3 Å². The van der Waals surface area contributed by atoms with Crippen molar-refractivity contribution < 1.29 is 19.1 Å². The van der Waals surface area contributed by atoms with E-state index < -0.39 is 11.8 Å². The van der Waals surface area contributed by atoms with E-state index in [1.165, 1.54) is 0 Å². The van der Waals surface area contributed by atoms with E-state index in [-0.39, 0.29) is 0 Å². The van der Waals surface area contributed by atoms with E-state index in [9.17, 15) is 9.59 Å². The van der Waals surface area contributed by atoms with Gasteiger partial charge in [0.1, 0.15) is 0 Å². The summed E-state index contributed by atoms with van der Waals surface area (Å²) in [7, 11) is 3.14. The Morgan fingerprint density at radius 1 is 1.00 bits per heavy atom. The second-order valence-corrected chi connectivity index (χ2v) is 5.89. The molecule has 0 fully saturated rings. The molecular formula is C20H21N3O4. The number of methoxy groups -OCH3 is 2. The minimum absolute atomic E-state index is 0.329. The van der Waals surface area contributed by atoms with Crippen LogP contribution < -0.4 is 20.1 Å². The van der Waals surface area contributed by atoms with E-state index in [0.29, 0.717) is 30.2 Å². The third-order valence-corrected chi connectivity index (χ3v) is 4.20. The number of H-pyrrole nitrogens is 1. The zero-order valence-corrected chi connectivity index (χ0v) is 15.2. The third kappa shape index (κ3) is 4.20. The molecule has 0 radical (unpaired) electrons. The molecule has 0 aliphatic heterocycles. The van der Waals surface area contributed by atoms with Gasteiger partial charge in [0, 0.05) is 23.6 Å². The Balaban J connectivity index is 1.55. The molecule has 2 aromatic carbocycles. The Hall–Kier alpha value is -3.48. The van der Waals surface area contributed by atoms with Gasteiger partial charge in [-0.3, -0.25) is 9.59 Å². The highest BCUT2D eigenvalue weighted by atomic mass is 16.5. The smallest absolute Gasteiger partial charge is 0.313 e. The van der Waals surface area contributed by atoms with Gasteiger partial charge in [0.25, 0.3) is 0 Å². The van der Waals surface area contributed by atoms with E-state index in [2.05, 4.69) is 15.6 Å². The largest absolute Gasteiger partial charge is 0.493 e. The van der Waals surface area contributed by atoms with E-state index >= 15 is 0 Å². The Morgan fingerprint density at radius 3 is 2.59 bits per heavy atom. The summed E-state index contributed by atoms with van der Waals surface area (Å²) >= 11 is 0. The number of benzene rings is 2. The lowest BCUT2D eigenvalue weighted by Crippen LogP contribution is -2.36. The Morgan fingerprint density at radius 2 is 1.81 bits per heavy atom. The van der Waals surface area contributed by atoms with Crippen LogP contribution in [0.5, 0.6) is 11.5 Å². The molecule has 140 valence electrons. The second kappa shape index (κ2) is 8.27. The van der Waals surface area contributed by atoms with Crippen LogP contribution in [0.1, 0.15) is 5.56 Å². The fourth-order valence-electron chi connectivity index (χ4n) is 2.81. The fraction of sp³-hybridized carbons (Fsp3) is 0.200. The highest BCUT2D eigenvalue weighted by molar-refractivity contribution is 6.40. The lowest BCUT2D eigenvalue weighted by molar-refractivity contribution is -0.136. The molecule has 0 saturated carbocycles. The van der Waals surface area contributed by atoms with E-state index in [0.717, 1.165) is 16.5 Å². The number of hydrogen-bond acceptors (Lipinski definition) is 4. The average Bonchev–Trinajstić information content (AvgIpc) is 3.17. The number of carbonyl (C=O) groups is 2. The quantitative estimate of drug-likeness (QED) is 0.584. The van der Waals surface area contributed by atoms with Gasteiger partial charge in [-0.25, -0.2) is 0 Å². The van der Waals surface area contributed by atoms with Gasteiger partial charge in [0.15, 0.2) is 11.5 Å². The minimum atomic E-state index is -0.698. The van der Waals surface area contributed by atoms with Crippen molar-refractivity contribution >= 4 is 28.4 Å². The van der Waals surface area contributed by atoms with Gasteiger partial charge >= 0.3 is 11.8 Å². The van der Waals surface area contributed by atoms with Crippen LogP contribution >= 0.6 is 0 Å². The zero-order valence-electron chi connectivity index (χ0n) is 15.2. The molecule has 7 heteroatoms. The number of anilines is 1. The summed E-state index contributed by atoms with van der Waals surface area (Å²) in [5, 5.41) is 6.12. The highest BCUT2D eigenvalue weighted by Gasteiger charge is 2.15. The maximum Gasteiger partial charge on any atom is 0.313 e. The molecule has 1 heterocycles. The molecule has 1 aromatic heterocycles. The number of rotatable bonds is 6. The SMILES string of the molecule is COc1ccc(CCNC(=O)C(=O)Nc2cccc3[nH]ccc23)cc1OC.